The molecule has 0 aliphatic heterocycles. The Hall–Kier alpha value is -1.02. The van der Waals surface area contributed by atoms with E-state index in [0.717, 1.165) is 16.1 Å². The number of aryl methyl sites for hydroxylation is 1. The molecule has 0 N–H and O–H groups in total. The fourth-order valence-corrected chi connectivity index (χ4v) is 1.95. The van der Waals surface area contributed by atoms with Gasteiger partial charge in [-0.25, -0.2) is 4.98 Å². The lowest BCUT2D eigenvalue weighted by Crippen LogP contribution is -1.90. The van der Waals surface area contributed by atoms with E-state index in [9.17, 15) is 0 Å². The molecule has 1 saturated carbocycles. The van der Waals surface area contributed by atoms with Gasteiger partial charge in [0.2, 0.25) is 0 Å². The predicted octanol–water partition coefficient (Wildman–Crippen LogP) is 3.33. The van der Waals surface area contributed by atoms with Crippen LogP contribution in [0.3, 0.4) is 0 Å². The number of rotatable bonds is 1. The van der Waals surface area contributed by atoms with Crippen LogP contribution in [0.25, 0.3) is 11.0 Å². The molecular formula is C11H11ClN2. The van der Waals surface area contributed by atoms with Crippen molar-refractivity contribution in [2.75, 3.05) is 0 Å². The highest BCUT2D eigenvalue weighted by atomic mass is 35.5. The lowest BCUT2D eigenvalue weighted by atomic mass is 10.2. The second kappa shape index (κ2) is 2.74. The van der Waals surface area contributed by atoms with Gasteiger partial charge in [0.15, 0.2) is 0 Å². The Kier molecular flexibility index (Phi) is 1.62. The van der Waals surface area contributed by atoms with Crippen LogP contribution < -0.4 is 0 Å². The maximum atomic E-state index is 6.10. The van der Waals surface area contributed by atoms with Crippen LogP contribution >= 0.6 is 11.6 Å². The van der Waals surface area contributed by atoms with Gasteiger partial charge < -0.3 is 4.57 Å². The number of fused-ring (bicyclic) bond motifs is 1. The van der Waals surface area contributed by atoms with Crippen LogP contribution in [0.4, 0.5) is 0 Å². The minimum atomic E-state index is 0.666. The number of nitrogens with zero attached hydrogens (tertiary/aromatic N) is 2. The van der Waals surface area contributed by atoms with Crippen molar-refractivity contribution in [2.45, 2.75) is 25.8 Å². The fraction of sp³-hybridized carbons (Fsp3) is 0.364. The molecule has 1 fully saturated rings. The molecule has 0 radical (unpaired) electrons. The summed E-state index contributed by atoms with van der Waals surface area (Å²) in [5, 5.41) is 0.833. The van der Waals surface area contributed by atoms with Crippen molar-refractivity contribution in [3.63, 3.8) is 0 Å². The lowest BCUT2D eigenvalue weighted by Gasteiger charge is -2.02. The quantitative estimate of drug-likeness (QED) is 0.700. The third-order valence-corrected chi connectivity index (χ3v) is 3.20. The van der Waals surface area contributed by atoms with E-state index in [1.165, 1.54) is 18.4 Å². The third kappa shape index (κ3) is 1.14. The van der Waals surface area contributed by atoms with Crippen molar-refractivity contribution >= 4 is 22.6 Å². The highest BCUT2D eigenvalue weighted by Crippen LogP contribution is 2.37. The van der Waals surface area contributed by atoms with Crippen molar-refractivity contribution < 1.29 is 0 Å². The molecular weight excluding hydrogens is 196 g/mol. The van der Waals surface area contributed by atoms with Gasteiger partial charge >= 0.3 is 0 Å². The lowest BCUT2D eigenvalue weighted by molar-refractivity contribution is 0.766. The van der Waals surface area contributed by atoms with Gasteiger partial charge in [0, 0.05) is 11.1 Å². The molecule has 1 aliphatic rings. The Morgan fingerprint density at radius 3 is 2.93 bits per heavy atom. The highest BCUT2D eigenvalue weighted by molar-refractivity contribution is 6.32. The number of benzene rings is 1. The molecule has 72 valence electrons. The number of imidazole rings is 1. The normalized spacial score (nSPS) is 16.4. The van der Waals surface area contributed by atoms with E-state index in [0.29, 0.717) is 6.04 Å². The van der Waals surface area contributed by atoms with Gasteiger partial charge in [0.25, 0.3) is 0 Å². The second-order valence-corrected chi connectivity index (χ2v) is 4.38. The molecule has 2 nitrogen and oxygen atoms in total. The van der Waals surface area contributed by atoms with E-state index in [-0.39, 0.29) is 0 Å². The molecule has 0 unspecified atom stereocenters. The summed E-state index contributed by atoms with van der Waals surface area (Å²) in [5.74, 6) is 0. The zero-order valence-electron chi connectivity index (χ0n) is 8.00. The summed E-state index contributed by atoms with van der Waals surface area (Å²) >= 11 is 6.10. The molecule has 1 heterocycles. The SMILES string of the molecule is Cc1cc2ncn(C3CC3)c2cc1Cl. The summed E-state index contributed by atoms with van der Waals surface area (Å²) in [4.78, 5) is 4.39. The number of halogens is 1. The molecule has 1 aliphatic carbocycles. The van der Waals surface area contributed by atoms with Crippen LogP contribution in [-0.2, 0) is 0 Å². The van der Waals surface area contributed by atoms with Crippen molar-refractivity contribution in [3.8, 4) is 0 Å². The summed E-state index contributed by atoms with van der Waals surface area (Å²) in [6.45, 7) is 2.01. The van der Waals surface area contributed by atoms with E-state index in [2.05, 4.69) is 15.6 Å². The zero-order chi connectivity index (χ0) is 9.71. The van der Waals surface area contributed by atoms with Crippen LogP contribution in [0.2, 0.25) is 5.02 Å². The number of hydrogen-bond donors (Lipinski definition) is 0. The Morgan fingerprint density at radius 2 is 2.21 bits per heavy atom. The van der Waals surface area contributed by atoms with Crippen molar-refractivity contribution in [1.82, 2.24) is 9.55 Å². The second-order valence-electron chi connectivity index (χ2n) is 3.97. The largest absolute Gasteiger partial charge is 0.327 e. The van der Waals surface area contributed by atoms with E-state index in [1.807, 2.05) is 19.3 Å². The topological polar surface area (TPSA) is 17.8 Å². The Morgan fingerprint density at radius 1 is 1.43 bits per heavy atom. The molecule has 1 aromatic heterocycles. The summed E-state index contributed by atoms with van der Waals surface area (Å²) in [6, 6.07) is 4.74. The van der Waals surface area contributed by atoms with E-state index >= 15 is 0 Å². The fourth-order valence-electron chi connectivity index (χ4n) is 1.80. The van der Waals surface area contributed by atoms with Gasteiger partial charge in [0.1, 0.15) is 0 Å². The first kappa shape index (κ1) is 8.30. The Balaban J connectivity index is 2.29. The number of hydrogen-bond acceptors (Lipinski definition) is 1. The van der Waals surface area contributed by atoms with Gasteiger partial charge in [-0.15, -0.1) is 0 Å². The minimum absolute atomic E-state index is 0.666. The molecule has 14 heavy (non-hydrogen) atoms. The van der Waals surface area contributed by atoms with Gasteiger partial charge in [0.05, 0.1) is 17.4 Å². The molecule has 3 rings (SSSR count). The zero-order valence-corrected chi connectivity index (χ0v) is 8.75. The van der Waals surface area contributed by atoms with E-state index in [4.69, 9.17) is 11.6 Å². The monoisotopic (exact) mass is 206 g/mol. The van der Waals surface area contributed by atoms with E-state index in [1.54, 1.807) is 0 Å². The predicted molar refractivity (Wildman–Crippen MR) is 57.8 cm³/mol. The molecule has 0 amide bonds. The molecule has 3 heteroatoms. The Labute approximate surface area is 87.5 Å². The van der Waals surface area contributed by atoms with E-state index < -0.39 is 0 Å². The van der Waals surface area contributed by atoms with Crippen LogP contribution in [-0.4, -0.2) is 9.55 Å². The van der Waals surface area contributed by atoms with Crippen LogP contribution in [0.5, 0.6) is 0 Å². The first-order valence-electron chi connectivity index (χ1n) is 4.88. The maximum Gasteiger partial charge on any atom is 0.0960 e. The summed E-state index contributed by atoms with van der Waals surface area (Å²) in [6.07, 6.45) is 4.48. The summed E-state index contributed by atoms with van der Waals surface area (Å²) < 4.78 is 2.24. The summed E-state index contributed by atoms with van der Waals surface area (Å²) in [7, 11) is 0. The first-order chi connectivity index (χ1) is 6.75. The van der Waals surface area contributed by atoms with Crippen molar-refractivity contribution in [1.29, 1.82) is 0 Å². The third-order valence-electron chi connectivity index (χ3n) is 2.80. The standard InChI is InChI=1S/C11H11ClN2/c1-7-4-10-11(5-9(7)12)14(6-13-10)8-2-3-8/h4-6,8H,2-3H2,1H3. The van der Waals surface area contributed by atoms with Crippen LogP contribution in [0.1, 0.15) is 24.4 Å². The van der Waals surface area contributed by atoms with Gasteiger partial charge in [-0.1, -0.05) is 11.6 Å². The van der Waals surface area contributed by atoms with Crippen molar-refractivity contribution in [2.24, 2.45) is 0 Å². The highest BCUT2D eigenvalue weighted by Gasteiger charge is 2.24. The van der Waals surface area contributed by atoms with Crippen LogP contribution in [0, 0.1) is 6.92 Å². The molecule has 0 atom stereocenters. The minimum Gasteiger partial charge on any atom is -0.327 e. The van der Waals surface area contributed by atoms with Crippen molar-refractivity contribution in [3.05, 3.63) is 29.0 Å². The maximum absolute atomic E-state index is 6.10. The summed E-state index contributed by atoms with van der Waals surface area (Å²) in [5.41, 5.74) is 3.32. The van der Waals surface area contributed by atoms with Crippen LogP contribution in [0.15, 0.2) is 18.5 Å². The molecule has 0 saturated heterocycles. The Bertz CT molecular complexity index is 497. The molecule has 2 aromatic rings. The molecule has 0 bridgehead atoms. The molecule has 1 aromatic carbocycles. The smallest absolute Gasteiger partial charge is 0.0960 e. The van der Waals surface area contributed by atoms with Gasteiger partial charge in [-0.2, -0.15) is 0 Å². The average Bonchev–Trinajstić information content (AvgIpc) is 2.91. The van der Waals surface area contributed by atoms with Gasteiger partial charge in [-0.05, 0) is 37.5 Å². The number of aromatic nitrogens is 2. The van der Waals surface area contributed by atoms with Gasteiger partial charge in [-0.3, -0.25) is 0 Å². The first-order valence-corrected chi connectivity index (χ1v) is 5.26. The molecule has 0 spiro atoms. The average molecular weight is 207 g/mol.